The largest absolute Gasteiger partial charge is 0.355 e. The predicted molar refractivity (Wildman–Crippen MR) is 49.7 cm³/mol. The standard InChI is InChI=1S/C7H15BrN2O/c1-2-6(8)7(11)10-5-3-4-9/h6H,2-5,9H2,1H3,(H,10,11). The molecule has 4 heteroatoms. The van der Waals surface area contributed by atoms with Crippen molar-refractivity contribution in [1.82, 2.24) is 5.32 Å². The fourth-order valence-corrected chi connectivity index (χ4v) is 0.772. The molecule has 1 amide bonds. The molecule has 66 valence electrons. The molecule has 0 aliphatic rings. The van der Waals surface area contributed by atoms with Crippen molar-refractivity contribution in [2.75, 3.05) is 13.1 Å². The summed E-state index contributed by atoms with van der Waals surface area (Å²) in [5.74, 6) is 0.0564. The summed E-state index contributed by atoms with van der Waals surface area (Å²) in [6, 6.07) is 0. The molecule has 0 spiro atoms. The fraction of sp³-hybridized carbons (Fsp3) is 0.857. The van der Waals surface area contributed by atoms with Gasteiger partial charge in [-0.15, -0.1) is 0 Å². The van der Waals surface area contributed by atoms with Crippen molar-refractivity contribution in [3.8, 4) is 0 Å². The first-order valence-corrected chi connectivity index (χ1v) is 4.75. The van der Waals surface area contributed by atoms with E-state index in [1.807, 2.05) is 6.92 Å². The van der Waals surface area contributed by atoms with Gasteiger partial charge in [0.15, 0.2) is 0 Å². The van der Waals surface area contributed by atoms with Crippen LogP contribution in [0.15, 0.2) is 0 Å². The third-order valence-corrected chi connectivity index (χ3v) is 2.39. The Hall–Kier alpha value is -0.0900. The zero-order valence-corrected chi connectivity index (χ0v) is 8.36. The van der Waals surface area contributed by atoms with E-state index in [0.717, 1.165) is 12.8 Å². The Labute approximate surface area is 75.8 Å². The van der Waals surface area contributed by atoms with Gasteiger partial charge in [0.25, 0.3) is 0 Å². The maximum absolute atomic E-state index is 11.1. The lowest BCUT2D eigenvalue weighted by atomic mass is 10.3. The average Bonchev–Trinajstić information content (AvgIpc) is 2.03. The van der Waals surface area contributed by atoms with Gasteiger partial charge in [0, 0.05) is 6.54 Å². The number of nitrogens with one attached hydrogen (secondary N) is 1. The first-order chi connectivity index (χ1) is 5.22. The Morgan fingerprint density at radius 3 is 2.82 bits per heavy atom. The molecule has 0 saturated heterocycles. The minimum atomic E-state index is -0.0553. The highest BCUT2D eigenvalue weighted by Crippen LogP contribution is 2.03. The number of hydrogen-bond acceptors (Lipinski definition) is 2. The van der Waals surface area contributed by atoms with Crippen LogP contribution in [0.2, 0.25) is 0 Å². The molecule has 0 aliphatic carbocycles. The summed E-state index contributed by atoms with van der Waals surface area (Å²) in [6.45, 7) is 3.26. The van der Waals surface area contributed by atoms with Gasteiger partial charge in [-0.3, -0.25) is 4.79 Å². The quantitative estimate of drug-likeness (QED) is 0.530. The Morgan fingerprint density at radius 1 is 1.73 bits per heavy atom. The van der Waals surface area contributed by atoms with E-state index >= 15 is 0 Å². The van der Waals surface area contributed by atoms with Crippen LogP contribution in [0.4, 0.5) is 0 Å². The number of nitrogens with two attached hydrogens (primary N) is 1. The van der Waals surface area contributed by atoms with Crippen LogP contribution < -0.4 is 11.1 Å². The Balaban J connectivity index is 3.36. The molecule has 0 aromatic rings. The van der Waals surface area contributed by atoms with Crippen molar-refractivity contribution in [3.05, 3.63) is 0 Å². The molecule has 1 atom stereocenters. The number of halogens is 1. The van der Waals surface area contributed by atoms with Gasteiger partial charge in [-0.05, 0) is 19.4 Å². The monoisotopic (exact) mass is 222 g/mol. The van der Waals surface area contributed by atoms with E-state index in [0.29, 0.717) is 13.1 Å². The number of amides is 1. The molecule has 0 aromatic carbocycles. The highest BCUT2D eigenvalue weighted by Gasteiger charge is 2.10. The molecule has 0 aromatic heterocycles. The lowest BCUT2D eigenvalue weighted by Gasteiger charge is -2.07. The summed E-state index contributed by atoms with van der Waals surface area (Å²) < 4.78 is 0. The molecule has 11 heavy (non-hydrogen) atoms. The van der Waals surface area contributed by atoms with Crippen LogP contribution in [0.25, 0.3) is 0 Å². The van der Waals surface area contributed by atoms with E-state index in [1.54, 1.807) is 0 Å². The number of rotatable bonds is 5. The summed E-state index contributed by atoms with van der Waals surface area (Å²) in [6.07, 6.45) is 1.66. The van der Waals surface area contributed by atoms with E-state index in [9.17, 15) is 4.79 Å². The summed E-state index contributed by atoms with van der Waals surface area (Å²) in [5, 5.41) is 2.77. The molecule has 0 rings (SSSR count). The molecule has 0 radical (unpaired) electrons. The number of hydrogen-bond donors (Lipinski definition) is 2. The van der Waals surface area contributed by atoms with E-state index in [4.69, 9.17) is 5.73 Å². The topological polar surface area (TPSA) is 55.1 Å². The zero-order valence-electron chi connectivity index (χ0n) is 6.77. The van der Waals surface area contributed by atoms with E-state index in [1.165, 1.54) is 0 Å². The third kappa shape index (κ3) is 5.21. The van der Waals surface area contributed by atoms with Crippen molar-refractivity contribution in [2.24, 2.45) is 5.73 Å². The summed E-state index contributed by atoms with van der Waals surface area (Å²) >= 11 is 3.25. The van der Waals surface area contributed by atoms with Gasteiger partial charge in [0.05, 0.1) is 4.83 Å². The first kappa shape index (κ1) is 10.9. The van der Waals surface area contributed by atoms with Gasteiger partial charge < -0.3 is 11.1 Å². The van der Waals surface area contributed by atoms with Gasteiger partial charge in [-0.25, -0.2) is 0 Å². The Kier molecular flexibility index (Phi) is 6.56. The SMILES string of the molecule is CCC(Br)C(=O)NCCCN. The van der Waals surface area contributed by atoms with Crippen LogP contribution in [0.1, 0.15) is 19.8 Å². The summed E-state index contributed by atoms with van der Waals surface area (Å²) in [7, 11) is 0. The zero-order chi connectivity index (χ0) is 8.69. The highest BCUT2D eigenvalue weighted by molar-refractivity contribution is 9.10. The maximum Gasteiger partial charge on any atom is 0.233 e. The average molecular weight is 223 g/mol. The van der Waals surface area contributed by atoms with Gasteiger partial charge >= 0.3 is 0 Å². The second-order valence-electron chi connectivity index (χ2n) is 2.31. The smallest absolute Gasteiger partial charge is 0.233 e. The molecular weight excluding hydrogens is 208 g/mol. The van der Waals surface area contributed by atoms with Crippen molar-refractivity contribution < 1.29 is 4.79 Å². The molecule has 3 nitrogen and oxygen atoms in total. The molecule has 1 unspecified atom stereocenters. The minimum absolute atomic E-state index is 0.0553. The molecule has 0 fully saturated rings. The second kappa shape index (κ2) is 6.61. The van der Waals surface area contributed by atoms with Crippen LogP contribution in [0, 0.1) is 0 Å². The van der Waals surface area contributed by atoms with Crippen LogP contribution in [0.3, 0.4) is 0 Å². The van der Waals surface area contributed by atoms with Crippen LogP contribution >= 0.6 is 15.9 Å². The molecule has 3 N–H and O–H groups in total. The molecule has 0 heterocycles. The second-order valence-corrected chi connectivity index (χ2v) is 3.41. The van der Waals surface area contributed by atoms with Crippen molar-refractivity contribution >= 4 is 21.8 Å². The normalized spacial score (nSPS) is 12.6. The fourth-order valence-electron chi connectivity index (χ4n) is 0.610. The molecule has 0 aliphatic heterocycles. The third-order valence-electron chi connectivity index (χ3n) is 1.32. The van der Waals surface area contributed by atoms with Crippen LogP contribution in [0.5, 0.6) is 0 Å². The van der Waals surface area contributed by atoms with Gasteiger partial charge in [0.2, 0.25) is 5.91 Å². The van der Waals surface area contributed by atoms with E-state index in [-0.39, 0.29) is 10.7 Å². The van der Waals surface area contributed by atoms with Crippen molar-refractivity contribution in [3.63, 3.8) is 0 Å². The number of carbonyl (C=O) groups excluding carboxylic acids is 1. The highest BCUT2D eigenvalue weighted by atomic mass is 79.9. The summed E-state index contributed by atoms with van der Waals surface area (Å²) in [4.78, 5) is 11.0. The predicted octanol–water partition coefficient (Wildman–Crippen LogP) is 0.625. The maximum atomic E-state index is 11.1. The summed E-state index contributed by atoms with van der Waals surface area (Å²) in [5.41, 5.74) is 5.26. The number of alkyl halides is 1. The molecule has 0 saturated carbocycles. The molecular formula is C7H15BrN2O. The van der Waals surface area contributed by atoms with Crippen molar-refractivity contribution in [2.45, 2.75) is 24.6 Å². The lowest BCUT2D eigenvalue weighted by molar-refractivity contribution is -0.120. The van der Waals surface area contributed by atoms with E-state index < -0.39 is 0 Å². The van der Waals surface area contributed by atoms with Gasteiger partial charge in [-0.1, -0.05) is 22.9 Å². The Bertz CT molecular complexity index is 119. The first-order valence-electron chi connectivity index (χ1n) is 3.84. The Morgan fingerprint density at radius 2 is 2.36 bits per heavy atom. The van der Waals surface area contributed by atoms with Crippen LogP contribution in [-0.2, 0) is 4.79 Å². The minimum Gasteiger partial charge on any atom is -0.355 e. The van der Waals surface area contributed by atoms with Crippen molar-refractivity contribution in [1.29, 1.82) is 0 Å². The van der Waals surface area contributed by atoms with Gasteiger partial charge in [0.1, 0.15) is 0 Å². The lowest BCUT2D eigenvalue weighted by Crippen LogP contribution is -2.32. The van der Waals surface area contributed by atoms with Gasteiger partial charge in [-0.2, -0.15) is 0 Å². The number of carbonyl (C=O) groups is 1. The van der Waals surface area contributed by atoms with Crippen LogP contribution in [-0.4, -0.2) is 23.8 Å². The molecule has 0 bridgehead atoms. The van der Waals surface area contributed by atoms with E-state index in [2.05, 4.69) is 21.2 Å².